The number of carbonyl (C=O) groups excluding carboxylic acids is 2. The third kappa shape index (κ3) is 5.09. The number of amides is 2. The molecule has 2 rings (SSSR count). The van der Waals surface area contributed by atoms with Gasteiger partial charge >= 0.3 is 0 Å². The maximum atomic E-state index is 12.4. The molecule has 2 N–H and O–H groups in total. The van der Waals surface area contributed by atoms with Crippen LogP contribution < -0.4 is 15.4 Å². The van der Waals surface area contributed by atoms with Crippen LogP contribution in [0.3, 0.4) is 0 Å². The van der Waals surface area contributed by atoms with Crippen LogP contribution in [-0.4, -0.2) is 25.0 Å². The summed E-state index contributed by atoms with van der Waals surface area (Å²) in [6.45, 7) is 5.90. The van der Waals surface area contributed by atoms with Gasteiger partial charge in [-0.2, -0.15) is 0 Å². The van der Waals surface area contributed by atoms with Crippen molar-refractivity contribution in [3.8, 4) is 5.75 Å². The molecule has 0 unspecified atom stereocenters. The fourth-order valence-corrected chi connectivity index (χ4v) is 2.62. The SMILES string of the molecule is CC[C@H](C)NC(=O)c1ccccc1NC(=O)Cc1ccc(OC)c(C)c1. The van der Waals surface area contributed by atoms with E-state index in [1.54, 1.807) is 31.4 Å². The van der Waals surface area contributed by atoms with Gasteiger partial charge in [0.25, 0.3) is 5.91 Å². The molecule has 0 heterocycles. The Balaban J connectivity index is 2.09. The smallest absolute Gasteiger partial charge is 0.253 e. The van der Waals surface area contributed by atoms with Crippen molar-refractivity contribution in [3.63, 3.8) is 0 Å². The fraction of sp³-hybridized carbons (Fsp3) is 0.333. The molecule has 0 fully saturated rings. The molecule has 0 saturated heterocycles. The first kappa shape index (κ1) is 19.5. The first-order chi connectivity index (χ1) is 12.4. The van der Waals surface area contributed by atoms with Gasteiger partial charge in [0.05, 0.1) is 24.8 Å². The van der Waals surface area contributed by atoms with Crippen molar-refractivity contribution in [3.05, 3.63) is 59.2 Å². The van der Waals surface area contributed by atoms with E-state index in [2.05, 4.69) is 10.6 Å². The Bertz CT molecular complexity index is 787. The van der Waals surface area contributed by atoms with Crippen LogP contribution in [0.1, 0.15) is 41.8 Å². The van der Waals surface area contributed by atoms with Gasteiger partial charge in [-0.25, -0.2) is 0 Å². The Morgan fingerprint density at radius 2 is 1.88 bits per heavy atom. The van der Waals surface area contributed by atoms with E-state index >= 15 is 0 Å². The first-order valence-corrected chi connectivity index (χ1v) is 8.77. The number of carbonyl (C=O) groups is 2. The van der Waals surface area contributed by atoms with Gasteiger partial charge in [-0.1, -0.05) is 31.2 Å². The van der Waals surface area contributed by atoms with Gasteiger partial charge in [0, 0.05) is 6.04 Å². The molecule has 0 saturated carbocycles. The largest absolute Gasteiger partial charge is 0.496 e. The average Bonchev–Trinajstić information content (AvgIpc) is 2.62. The van der Waals surface area contributed by atoms with Gasteiger partial charge < -0.3 is 15.4 Å². The van der Waals surface area contributed by atoms with Crippen molar-refractivity contribution in [2.24, 2.45) is 0 Å². The molecule has 0 aliphatic heterocycles. The minimum atomic E-state index is -0.185. The van der Waals surface area contributed by atoms with Crippen molar-refractivity contribution in [2.75, 3.05) is 12.4 Å². The molecule has 5 nitrogen and oxygen atoms in total. The number of ether oxygens (including phenoxy) is 1. The maximum Gasteiger partial charge on any atom is 0.253 e. The van der Waals surface area contributed by atoms with Crippen LogP contribution in [0.4, 0.5) is 5.69 Å². The Morgan fingerprint density at radius 1 is 1.15 bits per heavy atom. The standard InChI is InChI=1S/C21H26N2O3/c1-5-15(3)22-21(25)17-8-6-7-9-18(17)23-20(24)13-16-10-11-19(26-4)14(2)12-16/h6-12,15H,5,13H2,1-4H3,(H,22,25)(H,23,24)/t15-/m0/s1. The zero-order valence-electron chi connectivity index (χ0n) is 15.8. The third-order valence-corrected chi connectivity index (χ3v) is 4.26. The molecule has 0 spiro atoms. The van der Waals surface area contributed by atoms with Crippen molar-refractivity contribution in [2.45, 2.75) is 39.7 Å². The molecule has 0 aromatic heterocycles. The lowest BCUT2D eigenvalue weighted by molar-refractivity contribution is -0.115. The Morgan fingerprint density at radius 3 is 2.54 bits per heavy atom. The van der Waals surface area contributed by atoms with E-state index in [0.29, 0.717) is 11.3 Å². The van der Waals surface area contributed by atoms with Crippen LogP contribution in [0.15, 0.2) is 42.5 Å². The summed E-state index contributed by atoms with van der Waals surface area (Å²) in [6.07, 6.45) is 1.07. The molecule has 2 aromatic rings. The number of para-hydroxylation sites is 1. The van der Waals surface area contributed by atoms with Crippen molar-refractivity contribution in [1.29, 1.82) is 0 Å². The quantitative estimate of drug-likeness (QED) is 0.796. The molecule has 2 amide bonds. The number of rotatable bonds is 7. The van der Waals surface area contributed by atoms with E-state index in [4.69, 9.17) is 4.74 Å². The molecule has 0 bridgehead atoms. The van der Waals surface area contributed by atoms with Crippen molar-refractivity contribution >= 4 is 17.5 Å². The summed E-state index contributed by atoms with van der Waals surface area (Å²) in [4.78, 5) is 24.8. The molecule has 26 heavy (non-hydrogen) atoms. The molecule has 2 aromatic carbocycles. The van der Waals surface area contributed by atoms with Gasteiger partial charge in [0.2, 0.25) is 5.91 Å². The Hall–Kier alpha value is -2.82. The van der Waals surface area contributed by atoms with E-state index in [-0.39, 0.29) is 24.3 Å². The molecule has 0 radical (unpaired) electrons. The first-order valence-electron chi connectivity index (χ1n) is 8.77. The predicted octanol–water partition coefficient (Wildman–Crippen LogP) is 3.71. The summed E-state index contributed by atoms with van der Waals surface area (Å²) in [7, 11) is 1.62. The molecule has 0 aliphatic carbocycles. The van der Waals surface area contributed by atoms with Gasteiger partial charge in [-0.05, 0) is 49.6 Å². The number of hydrogen-bond donors (Lipinski definition) is 2. The molecule has 1 atom stereocenters. The van der Waals surface area contributed by atoms with E-state index in [1.165, 1.54) is 0 Å². The molecule has 0 aliphatic rings. The van der Waals surface area contributed by atoms with Crippen LogP contribution in [0.2, 0.25) is 0 Å². The van der Waals surface area contributed by atoms with Crippen LogP contribution in [-0.2, 0) is 11.2 Å². The van der Waals surface area contributed by atoms with Crippen LogP contribution in [0, 0.1) is 6.92 Å². The summed E-state index contributed by atoms with van der Waals surface area (Å²) < 4.78 is 5.24. The number of methoxy groups -OCH3 is 1. The second-order valence-electron chi connectivity index (χ2n) is 6.36. The summed E-state index contributed by atoms with van der Waals surface area (Å²) in [5.74, 6) is 0.440. The van der Waals surface area contributed by atoms with Crippen LogP contribution >= 0.6 is 0 Å². The highest BCUT2D eigenvalue weighted by atomic mass is 16.5. The van der Waals surface area contributed by atoms with Crippen molar-refractivity contribution in [1.82, 2.24) is 5.32 Å². The highest BCUT2D eigenvalue weighted by Crippen LogP contribution is 2.20. The average molecular weight is 354 g/mol. The summed E-state index contributed by atoms with van der Waals surface area (Å²) in [5, 5.41) is 5.77. The number of anilines is 1. The highest BCUT2D eigenvalue weighted by Gasteiger charge is 2.15. The monoisotopic (exact) mass is 354 g/mol. The lowest BCUT2D eigenvalue weighted by atomic mass is 10.1. The molecular formula is C21H26N2O3. The van der Waals surface area contributed by atoms with E-state index in [9.17, 15) is 9.59 Å². The number of hydrogen-bond acceptors (Lipinski definition) is 3. The number of benzene rings is 2. The number of nitrogens with one attached hydrogen (secondary N) is 2. The van der Waals surface area contributed by atoms with E-state index < -0.39 is 0 Å². The predicted molar refractivity (Wildman–Crippen MR) is 104 cm³/mol. The lowest BCUT2D eigenvalue weighted by Crippen LogP contribution is -2.32. The number of aryl methyl sites for hydroxylation is 1. The highest BCUT2D eigenvalue weighted by molar-refractivity contribution is 6.04. The van der Waals surface area contributed by atoms with Gasteiger partial charge in [0.15, 0.2) is 0 Å². The lowest BCUT2D eigenvalue weighted by Gasteiger charge is -2.15. The fourth-order valence-electron chi connectivity index (χ4n) is 2.62. The second kappa shape index (κ2) is 9.04. The zero-order chi connectivity index (χ0) is 19.1. The Kier molecular flexibility index (Phi) is 6.78. The molecule has 138 valence electrons. The van der Waals surface area contributed by atoms with Crippen LogP contribution in [0.25, 0.3) is 0 Å². The summed E-state index contributed by atoms with van der Waals surface area (Å²) in [6, 6.07) is 12.8. The van der Waals surface area contributed by atoms with Gasteiger partial charge in [0.1, 0.15) is 5.75 Å². The van der Waals surface area contributed by atoms with E-state index in [1.807, 2.05) is 39.0 Å². The molecule has 5 heteroatoms. The zero-order valence-corrected chi connectivity index (χ0v) is 15.8. The van der Waals surface area contributed by atoms with Crippen molar-refractivity contribution < 1.29 is 14.3 Å². The normalized spacial score (nSPS) is 11.5. The topological polar surface area (TPSA) is 67.4 Å². The summed E-state index contributed by atoms with van der Waals surface area (Å²) >= 11 is 0. The minimum Gasteiger partial charge on any atom is -0.496 e. The van der Waals surface area contributed by atoms with E-state index in [0.717, 1.165) is 23.3 Å². The summed E-state index contributed by atoms with van der Waals surface area (Å²) in [5.41, 5.74) is 2.85. The van der Waals surface area contributed by atoms with Gasteiger partial charge in [-0.3, -0.25) is 9.59 Å². The molecular weight excluding hydrogens is 328 g/mol. The van der Waals surface area contributed by atoms with Gasteiger partial charge in [-0.15, -0.1) is 0 Å². The van der Waals surface area contributed by atoms with Crippen LogP contribution in [0.5, 0.6) is 5.75 Å². The minimum absolute atomic E-state index is 0.0773. The second-order valence-corrected chi connectivity index (χ2v) is 6.36. The third-order valence-electron chi connectivity index (χ3n) is 4.26. The maximum absolute atomic E-state index is 12.4. The Labute approximate surface area is 154 Å².